The molecule has 0 saturated heterocycles. The van der Waals surface area contributed by atoms with Crippen molar-refractivity contribution in [2.75, 3.05) is 16.8 Å². The molecule has 0 amide bonds. The summed E-state index contributed by atoms with van der Waals surface area (Å²) >= 11 is 0. The summed E-state index contributed by atoms with van der Waals surface area (Å²) in [5, 5.41) is 6.16. The van der Waals surface area contributed by atoms with Gasteiger partial charge in [0.05, 0.1) is 17.1 Å². The van der Waals surface area contributed by atoms with Crippen molar-refractivity contribution in [1.82, 2.24) is 0 Å². The number of hydrogen-bond donors (Lipinski definition) is 1. The van der Waals surface area contributed by atoms with Crippen molar-refractivity contribution in [3.05, 3.63) is 59.7 Å². The number of nitrogens with one attached hydrogen (secondary N) is 1. The first-order chi connectivity index (χ1) is 12.7. The second kappa shape index (κ2) is 7.22. The number of nitrogens with zero attached hydrogens (tertiary/aromatic N) is 2. The molecule has 0 aliphatic heterocycles. The molecule has 0 unspecified atom stereocenters. The van der Waals surface area contributed by atoms with Crippen LogP contribution in [0.15, 0.2) is 53.6 Å². The van der Waals surface area contributed by atoms with Gasteiger partial charge in [-0.05, 0) is 43.0 Å². The third kappa shape index (κ3) is 4.08. The maximum absolute atomic E-state index is 12.8. The summed E-state index contributed by atoms with van der Waals surface area (Å²) in [6, 6.07) is 13.9. The van der Waals surface area contributed by atoms with Gasteiger partial charge in [-0.1, -0.05) is 30.3 Å². The highest BCUT2D eigenvalue weighted by molar-refractivity contribution is 7.93. The van der Waals surface area contributed by atoms with Crippen LogP contribution in [0.1, 0.15) is 24.0 Å². The number of anilines is 2. The normalized spacial score (nSPS) is 16.1. The van der Waals surface area contributed by atoms with E-state index in [1.165, 1.54) is 12.1 Å². The third-order valence-corrected chi connectivity index (χ3v) is 5.35. The summed E-state index contributed by atoms with van der Waals surface area (Å²) in [4.78, 5) is 0. The van der Waals surface area contributed by atoms with E-state index in [1.54, 1.807) is 22.8 Å². The highest BCUT2D eigenvalue weighted by Gasteiger charge is 2.46. The molecule has 1 N–H and O–H groups in total. The zero-order valence-corrected chi connectivity index (χ0v) is 15.3. The van der Waals surface area contributed by atoms with E-state index in [0.717, 1.165) is 17.7 Å². The number of para-hydroxylation sites is 1. The van der Waals surface area contributed by atoms with Gasteiger partial charge >= 0.3 is 15.5 Å². The van der Waals surface area contributed by atoms with Crippen molar-refractivity contribution in [2.45, 2.75) is 24.8 Å². The first kappa shape index (κ1) is 19.2. The zero-order chi connectivity index (χ0) is 19.7. The first-order valence-electron chi connectivity index (χ1n) is 8.26. The maximum atomic E-state index is 12.8. The van der Waals surface area contributed by atoms with E-state index in [4.69, 9.17) is 0 Å². The van der Waals surface area contributed by atoms with Gasteiger partial charge in [-0.25, -0.2) is 0 Å². The van der Waals surface area contributed by atoms with Crippen LogP contribution in [0.3, 0.4) is 0 Å². The van der Waals surface area contributed by atoms with Gasteiger partial charge in [0.25, 0.3) is 0 Å². The van der Waals surface area contributed by atoms with Crippen LogP contribution in [0.25, 0.3) is 0 Å². The average Bonchev–Trinajstić information content (AvgIpc) is 2.61. The second-order valence-electron chi connectivity index (χ2n) is 6.15. The van der Waals surface area contributed by atoms with Crippen LogP contribution in [0.5, 0.6) is 0 Å². The van der Waals surface area contributed by atoms with Gasteiger partial charge in [0, 0.05) is 12.6 Å². The van der Waals surface area contributed by atoms with Gasteiger partial charge in [-0.3, -0.25) is 9.73 Å². The molecule has 3 rings (SSSR count). The average molecular weight is 397 g/mol. The fraction of sp³-hybridized carbons (Fsp3) is 0.278. The van der Waals surface area contributed by atoms with E-state index in [2.05, 4.69) is 5.10 Å². The standard InChI is InChI=1S/C18H18F3N3O2S/c1-24(14-9-3-2-4-10-14)22-15-11-5-7-13-8-6-12-16(17(13)15)23-27(25,26)18(19,20)21/h2-4,6,8-10,12,23H,5,7,11H2,1H3/b22-15+. The van der Waals surface area contributed by atoms with E-state index in [1.807, 2.05) is 30.3 Å². The third-order valence-electron chi connectivity index (χ3n) is 4.25. The highest BCUT2D eigenvalue weighted by atomic mass is 32.2. The molecule has 0 aromatic heterocycles. The molecule has 5 nitrogen and oxygen atoms in total. The Morgan fingerprint density at radius 1 is 1.04 bits per heavy atom. The summed E-state index contributed by atoms with van der Waals surface area (Å²) in [5.74, 6) is 0. The molecule has 0 saturated carbocycles. The lowest BCUT2D eigenvalue weighted by atomic mass is 9.89. The van der Waals surface area contributed by atoms with Crippen LogP contribution in [0.2, 0.25) is 0 Å². The molecule has 0 atom stereocenters. The monoisotopic (exact) mass is 397 g/mol. The summed E-state index contributed by atoms with van der Waals surface area (Å²) in [7, 11) is -3.77. The maximum Gasteiger partial charge on any atom is 0.516 e. The lowest BCUT2D eigenvalue weighted by Crippen LogP contribution is -2.31. The number of sulfonamides is 1. The van der Waals surface area contributed by atoms with E-state index in [-0.39, 0.29) is 5.69 Å². The number of benzene rings is 2. The molecule has 1 aliphatic carbocycles. The van der Waals surface area contributed by atoms with E-state index >= 15 is 0 Å². The second-order valence-corrected chi connectivity index (χ2v) is 7.82. The molecule has 9 heteroatoms. The Morgan fingerprint density at radius 3 is 2.41 bits per heavy atom. The minimum Gasteiger partial charge on any atom is -0.275 e. The predicted molar refractivity (Wildman–Crippen MR) is 99.4 cm³/mol. The fourth-order valence-corrected chi connectivity index (χ4v) is 3.57. The fourth-order valence-electron chi connectivity index (χ4n) is 2.99. The molecular formula is C18H18F3N3O2S. The van der Waals surface area contributed by atoms with Crippen molar-refractivity contribution in [3.8, 4) is 0 Å². The van der Waals surface area contributed by atoms with Crippen molar-refractivity contribution in [3.63, 3.8) is 0 Å². The lowest BCUT2D eigenvalue weighted by molar-refractivity contribution is -0.0429. The molecule has 1 aliphatic rings. The molecular weight excluding hydrogens is 379 g/mol. The number of halogens is 3. The molecule has 27 heavy (non-hydrogen) atoms. The van der Waals surface area contributed by atoms with E-state index < -0.39 is 15.5 Å². The Kier molecular flexibility index (Phi) is 5.14. The van der Waals surface area contributed by atoms with Crippen LogP contribution in [0.4, 0.5) is 24.5 Å². The van der Waals surface area contributed by atoms with Crippen LogP contribution in [0, 0.1) is 0 Å². The first-order valence-corrected chi connectivity index (χ1v) is 9.75. The van der Waals surface area contributed by atoms with Crippen LogP contribution in [-0.4, -0.2) is 26.7 Å². The molecule has 144 valence electrons. The number of alkyl halides is 3. The Balaban J connectivity index is 2.03. The largest absolute Gasteiger partial charge is 0.516 e. The van der Waals surface area contributed by atoms with Crippen LogP contribution in [-0.2, 0) is 16.4 Å². The van der Waals surface area contributed by atoms with Crippen molar-refractivity contribution in [1.29, 1.82) is 0 Å². The molecule has 0 fully saturated rings. The van der Waals surface area contributed by atoms with Crippen molar-refractivity contribution in [2.24, 2.45) is 5.10 Å². The Labute approximate surface area is 155 Å². The summed E-state index contributed by atoms with van der Waals surface area (Å²) in [6.45, 7) is 0. The smallest absolute Gasteiger partial charge is 0.275 e. The molecule has 2 aromatic rings. The van der Waals surface area contributed by atoms with Gasteiger partial charge in [0.15, 0.2) is 0 Å². The van der Waals surface area contributed by atoms with E-state index in [9.17, 15) is 21.6 Å². The Morgan fingerprint density at radius 2 is 1.74 bits per heavy atom. The predicted octanol–water partition coefficient (Wildman–Crippen LogP) is 4.12. The number of hydrogen-bond acceptors (Lipinski definition) is 4. The van der Waals surface area contributed by atoms with Gasteiger partial charge in [-0.15, -0.1) is 0 Å². The van der Waals surface area contributed by atoms with Crippen LogP contribution < -0.4 is 9.73 Å². The van der Waals surface area contributed by atoms with Gasteiger partial charge in [0.1, 0.15) is 0 Å². The quantitative estimate of drug-likeness (QED) is 0.790. The Hall–Kier alpha value is -2.55. The number of aryl methyl sites for hydroxylation is 1. The number of hydrazone groups is 1. The molecule has 0 heterocycles. The Bertz CT molecular complexity index is 958. The van der Waals surface area contributed by atoms with Gasteiger partial charge in [-0.2, -0.15) is 26.7 Å². The number of fused-ring (bicyclic) bond motifs is 1. The molecule has 2 aromatic carbocycles. The van der Waals surface area contributed by atoms with Crippen LogP contribution >= 0.6 is 0 Å². The molecule has 0 radical (unpaired) electrons. The zero-order valence-electron chi connectivity index (χ0n) is 14.5. The molecule has 0 spiro atoms. The highest BCUT2D eigenvalue weighted by Crippen LogP contribution is 2.32. The summed E-state index contributed by atoms with van der Waals surface area (Å²) in [6.07, 6.45) is 1.96. The van der Waals surface area contributed by atoms with Gasteiger partial charge < -0.3 is 0 Å². The van der Waals surface area contributed by atoms with Gasteiger partial charge in [0.2, 0.25) is 0 Å². The topological polar surface area (TPSA) is 61.8 Å². The van der Waals surface area contributed by atoms with E-state index in [0.29, 0.717) is 24.1 Å². The van der Waals surface area contributed by atoms with Crippen molar-refractivity contribution < 1.29 is 21.6 Å². The molecule has 0 bridgehead atoms. The minimum atomic E-state index is -5.51. The number of rotatable bonds is 4. The summed E-state index contributed by atoms with van der Waals surface area (Å²) in [5.41, 5.74) is -2.95. The minimum absolute atomic E-state index is 0.107. The summed E-state index contributed by atoms with van der Waals surface area (Å²) < 4.78 is 63.2. The lowest BCUT2D eigenvalue weighted by Gasteiger charge is -2.24. The SMILES string of the molecule is CN(/N=C1\CCCc2cccc(NS(=O)(=O)C(F)(F)F)c21)c1ccccc1. The van der Waals surface area contributed by atoms with Crippen molar-refractivity contribution >= 4 is 27.1 Å².